The molecule has 8 heteroatoms. The van der Waals surface area contributed by atoms with Crippen LogP contribution in [0.5, 0.6) is 0 Å². The van der Waals surface area contributed by atoms with E-state index in [1.165, 1.54) is 0 Å². The molecule has 0 aliphatic carbocycles. The van der Waals surface area contributed by atoms with Gasteiger partial charge in [-0.25, -0.2) is 4.68 Å². The number of hydrogen-bond donors (Lipinski definition) is 0. The smallest absolute Gasteiger partial charge is 0.233 e. The first kappa shape index (κ1) is 18.0. The molecule has 4 rings (SSSR count). The Morgan fingerprint density at radius 1 is 1.15 bits per heavy atom. The SMILES string of the molecule is CN1CCC(N(Cc2ccncc2)C(=O)C2CCCCn3nnnc32)CC1. The van der Waals surface area contributed by atoms with Gasteiger partial charge in [-0.3, -0.25) is 9.78 Å². The molecule has 0 saturated carbocycles. The molecule has 0 spiro atoms. The lowest BCUT2D eigenvalue weighted by molar-refractivity contribution is -0.137. The molecule has 8 nitrogen and oxygen atoms in total. The Labute approximate surface area is 159 Å². The number of hydrogen-bond acceptors (Lipinski definition) is 6. The highest BCUT2D eigenvalue weighted by Gasteiger charge is 2.35. The maximum Gasteiger partial charge on any atom is 0.233 e. The van der Waals surface area contributed by atoms with Gasteiger partial charge in [0.1, 0.15) is 0 Å². The summed E-state index contributed by atoms with van der Waals surface area (Å²) in [5, 5.41) is 12.1. The van der Waals surface area contributed by atoms with Gasteiger partial charge in [-0.1, -0.05) is 6.42 Å². The summed E-state index contributed by atoms with van der Waals surface area (Å²) in [6, 6.07) is 4.24. The van der Waals surface area contributed by atoms with Crippen LogP contribution in [0.2, 0.25) is 0 Å². The Kier molecular flexibility index (Phi) is 5.42. The predicted molar refractivity (Wildman–Crippen MR) is 99.7 cm³/mol. The van der Waals surface area contributed by atoms with E-state index in [0.717, 1.165) is 63.1 Å². The van der Waals surface area contributed by atoms with Crippen LogP contribution in [0.4, 0.5) is 0 Å². The van der Waals surface area contributed by atoms with Crippen LogP contribution >= 0.6 is 0 Å². The van der Waals surface area contributed by atoms with Crippen molar-refractivity contribution in [2.45, 2.75) is 57.2 Å². The molecule has 1 unspecified atom stereocenters. The lowest BCUT2D eigenvalue weighted by Gasteiger charge is -2.38. The van der Waals surface area contributed by atoms with E-state index in [0.29, 0.717) is 6.54 Å². The molecule has 2 aliphatic rings. The van der Waals surface area contributed by atoms with Crippen molar-refractivity contribution >= 4 is 5.91 Å². The van der Waals surface area contributed by atoms with E-state index >= 15 is 0 Å². The van der Waals surface area contributed by atoms with Crippen LogP contribution in [0.15, 0.2) is 24.5 Å². The van der Waals surface area contributed by atoms with Crippen molar-refractivity contribution < 1.29 is 4.79 Å². The second-order valence-electron chi connectivity index (χ2n) is 7.66. The maximum atomic E-state index is 13.7. The van der Waals surface area contributed by atoms with Crippen molar-refractivity contribution in [3.8, 4) is 0 Å². The third-order valence-electron chi connectivity index (χ3n) is 5.80. The molecule has 0 N–H and O–H groups in total. The Morgan fingerprint density at radius 3 is 2.70 bits per heavy atom. The summed E-state index contributed by atoms with van der Waals surface area (Å²) in [6.45, 7) is 3.46. The minimum absolute atomic E-state index is 0.166. The van der Waals surface area contributed by atoms with E-state index in [1.807, 2.05) is 16.8 Å². The van der Waals surface area contributed by atoms with E-state index in [-0.39, 0.29) is 17.9 Å². The van der Waals surface area contributed by atoms with Gasteiger partial charge in [0.15, 0.2) is 5.82 Å². The van der Waals surface area contributed by atoms with E-state index in [1.54, 1.807) is 12.4 Å². The molecule has 2 aliphatic heterocycles. The Balaban J connectivity index is 1.60. The molecule has 27 heavy (non-hydrogen) atoms. The Bertz CT molecular complexity index is 754. The first-order valence-corrected chi connectivity index (χ1v) is 9.86. The zero-order valence-electron chi connectivity index (χ0n) is 15.9. The highest BCUT2D eigenvalue weighted by Crippen LogP contribution is 2.29. The van der Waals surface area contributed by atoms with Crippen LogP contribution in [0, 0.1) is 0 Å². The standard InChI is InChI=1S/C19H27N7O/c1-24-12-7-16(8-13-24)25(14-15-5-9-20-10-6-15)19(27)17-4-2-3-11-26-18(17)21-22-23-26/h5-6,9-10,16-17H,2-4,7-8,11-14H2,1H3. The molecule has 0 bridgehead atoms. The third-order valence-corrected chi connectivity index (χ3v) is 5.80. The molecule has 1 amide bonds. The fourth-order valence-electron chi connectivity index (χ4n) is 4.17. The number of rotatable bonds is 4. The van der Waals surface area contributed by atoms with Gasteiger partial charge in [0.2, 0.25) is 5.91 Å². The van der Waals surface area contributed by atoms with Crippen molar-refractivity contribution in [2.24, 2.45) is 0 Å². The third kappa shape index (κ3) is 4.00. The van der Waals surface area contributed by atoms with Crippen LogP contribution < -0.4 is 0 Å². The number of tetrazole rings is 1. The fraction of sp³-hybridized carbons (Fsp3) is 0.632. The summed E-state index contributed by atoms with van der Waals surface area (Å²) in [6.07, 6.45) is 8.44. The summed E-state index contributed by atoms with van der Waals surface area (Å²) in [4.78, 5) is 22.2. The molecule has 1 saturated heterocycles. The van der Waals surface area contributed by atoms with Crippen LogP contribution in [0.1, 0.15) is 49.4 Å². The average molecular weight is 369 g/mol. The largest absolute Gasteiger partial charge is 0.335 e. The summed E-state index contributed by atoms with van der Waals surface area (Å²) in [5.74, 6) is 0.647. The molecule has 144 valence electrons. The second-order valence-corrected chi connectivity index (χ2v) is 7.66. The van der Waals surface area contributed by atoms with Crippen molar-refractivity contribution in [2.75, 3.05) is 20.1 Å². The molecule has 0 radical (unpaired) electrons. The minimum Gasteiger partial charge on any atom is -0.335 e. The number of piperidine rings is 1. The minimum atomic E-state index is -0.246. The zero-order chi connectivity index (χ0) is 18.6. The first-order chi connectivity index (χ1) is 13.2. The van der Waals surface area contributed by atoms with Gasteiger partial charge < -0.3 is 9.80 Å². The average Bonchev–Trinajstić information content (AvgIpc) is 3.06. The molecular formula is C19H27N7O. The summed E-state index contributed by atoms with van der Waals surface area (Å²) >= 11 is 0. The van der Waals surface area contributed by atoms with Gasteiger partial charge in [-0.05, 0) is 73.9 Å². The summed E-state index contributed by atoms with van der Waals surface area (Å²) in [5.41, 5.74) is 1.12. The highest BCUT2D eigenvalue weighted by molar-refractivity contribution is 5.83. The predicted octanol–water partition coefficient (Wildman–Crippen LogP) is 1.46. The lowest BCUT2D eigenvalue weighted by atomic mass is 9.96. The quantitative estimate of drug-likeness (QED) is 0.812. The van der Waals surface area contributed by atoms with Gasteiger partial charge in [0.05, 0.1) is 5.92 Å². The summed E-state index contributed by atoms with van der Waals surface area (Å²) < 4.78 is 1.81. The molecule has 1 fully saturated rings. The van der Waals surface area contributed by atoms with Crippen LogP contribution in [-0.2, 0) is 17.9 Å². The van der Waals surface area contributed by atoms with Crippen molar-refractivity contribution in [3.05, 3.63) is 35.9 Å². The van der Waals surface area contributed by atoms with Gasteiger partial charge >= 0.3 is 0 Å². The van der Waals surface area contributed by atoms with Crippen LogP contribution in [-0.4, -0.2) is 67.1 Å². The number of amides is 1. The van der Waals surface area contributed by atoms with Gasteiger partial charge in [-0.2, -0.15) is 0 Å². The monoisotopic (exact) mass is 369 g/mol. The number of fused-ring (bicyclic) bond motifs is 1. The van der Waals surface area contributed by atoms with Crippen LogP contribution in [0.25, 0.3) is 0 Å². The van der Waals surface area contributed by atoms with Crippen molar-refractivity contribution in [1.82, 2.24) is 35.0 Å². The van der Waals surface area contributed by atoms with Gasteiger partial charge in [-0.15, -0.1) is 5.10 Å². The van der Waals surface area contributed by atoms with Gasteiger partial charge in [0, 0.05) is 31.5 Å². The topological polar surface area (TPSA) is 80.0 Å². The zero-order valence-corrected chi connectivity index (χ0v) is 15.9. The van der Waals surface area contributed by atoms with E-state index in [9.17, 15) is 4.79 Å². The number of pyridine rings is 1. The van der Waals surface area contributed by atoms with Crippen LogP contribution in [0.3, 0.4) is 0 Å². The van der Waals surface area contributed by atoms with Gasteiger partial charge in [0.25, 0.3) is 0 Å². The normalized spacial score (nSPS) is 21.4. The molecule has 0 aromatic carbocycles. The maximum absolute atomic E-state index is 13.7. The first-order valence-electron chi connectivity index (χ1n) is 9.86. The molecule has 2 aromatic heterocycles. The molecular weight excluding hydrogens is 342 g/mol. The Morgan fingerprint density at radius 2 is 1.93 bits per heavy atom. The number of carbonyl (C=O) groups excluding carboxylic acids is 1. The number of nitrogens with zero attached hydrogens (tertiary/aromatic N) is 7. The summed E-state index contributed by atoms with van der Waals surface area (Å²) in [7, 11) is 2.14. The highest BCUT2D eigenvalue weighted by atomic mass is 16.2. The lowest BCUT2D eigenvalue weighted by Crippen LogP contribution is -2.47. The number of likely N-dealkylation sites (tertiary alicyclic amines) is 1. The van der Waals surface area contributed by atoms with E-state index < -0.39 is 0 Å². The van der Waals surface area contributed by atoms with Crippen molar-refractivity contribution in [1.29, 1.82) is 0 Å². The second kappa shape index (κ2) is 8.12. The van der Waals surface area contributed by atoms with Crippen molar-refractivity contribution in [3.63, 3.8) is 0 Å². The van der Waals surface area contributed by atoms with E-state index in [4.69, 9.17) is 0 Å². The number of aromatic nitrogens is 5. The van der Waals surface area contributed by atoms with E-state index in [2.05, 4.69) is 37.4 Å². The molecule has 4 heterocycles. The fourth-order valence-corrected chi connectivity index (χ4v) is 4.17. The number of aryl methyl sites for hydroxylation is 1. The Hall–Kier alpha value is -2.35. The molecule has 1 atom stereocenters. The number of carbonyl (C=O) groups is 1. The molecule has 2 aromatic rings.